The third-order valence-corrected chi connectivity index (χ3v) is 6.08. The third-order valence-electron chi connectivity index (χ3n) is 4.48. The van der Waals surface area contributed by atoms with Gasteiger partial charge in [-0.15, -0.1) is 11.8 Å². The van der Waals surface area contributed by atoms with Crippen molar-refractivity contribution < 1.29 is 0 Å². The molecule has 2 rings (SSSR count). The van der Waals surface area contributed by atoms with Crippen LogP contribution in [-0.2, 0) is 0 Å². The normalized spacial score (nSPS) is 27.5. The molecule has 0 saturated heterocycles. The predicted molar refractivity (Wildman–Crippen MR) is 98.0 cm³/mol. The molecule has 118 valence electrons. The highest BCUT2D eigenvalue weighted by Gasteiger charge is 2.29. The maximum Gasteiger partial charge on any atom is 0.0190 e. The summed E-state index contributed by atoms with van der Waals surface area (Å²) in [4.78, 5) is 1.36. The van der Waals surface area contributed by atoms with Crippen LogP contribution in [0, 0.1) is 17.8 Å². The maximum absolute atomic E-state index is 3.75. The minimum Gasteiger partial charge on any atom is -0.313 e. The van der Waals surface area contributed by atoms with E-state index in [0.717, 1.165) is 24.3 Å². The van der Waals surface area contributed by atoms with Crippen LogP contribution in [0.25, 0.3) is 0 Å². The Hall–Kier alpha value is 0.01000. The van der Waals surface area contributed by atoms with Crippen LogP contribution < -0.4 is 5.32 Å². The Morgan fingerprint density at radius 1 is 1.24 bits per heavy atom. The van der Waals surface area contributed by atoms with Crippen molar-refractivity contribution in [3.63, 3.8) is 0 Å². The van der Waals surface area contributed by atoms with Crippen molar-refractivity contribution in [2.45, 2.75) is 51.0 Å². The first-order chi connectivity index (χ1) is 10.1. The van der Waals surface area contributed by atoms with E-state index in [9.17, 15) is 0 Å². The van der Waals surface area contributed by atoms with E-state index < -0.39 is 0 Å². The van der Waals surface area contributed by atoms with Crippen molar-refractivity contribution in [3.05, 3.63) is 28.7 Å². The van der Waals surface area contributed by atoms with Crippen LogP contribution in [0.5, 0.6) is 0 Å². The van der Waals surface area contributed by atoms with Crippen LogP contribution in [0.3, 0.4) is 0 Å². The SMILES string of the molecule is CCNC(CSc1cccc(Br)c1)C1CC(C)CC(C)C1. The summed E-state index contributed by atoms with van der Waals surface area (Å²) in [6.45, 7) is 8.15. The topological polar surface area (TPSA) is 12.0 Å². The highest BCUT2D eigenvalue weighted by molar-refractivity contribution is 9.10. The van der Waals surface area contributed by atoms with Gasteiger partial charge in [0.05, 0.1) is 0 Å². The van der Waals surface area contributed by atoms with Crippen molar-refractivity contribution in [3.8, 4) is 0 Å². The zero-order valence-electron chi connectivity index (χ0n) is 13.4. The zero-order valence-corrected chi connectivity index (χ0v) is 15.8. The van der Waals surface area contributed by atoms with E-state index in [1.54, 1.807) is 0 Å². The monoisotopic (exact) mass is 369 g/mol. The summed E-state index contributed by atoms with van der Waals surface area (Å²) in [7, 11) is 0. The Morgan fingerprint density at radius 3 is 2.57 bits per heavy atom. The molecule has 1 N–H and O–H groups in total. The van der Waals surface area contributed by atoms with E-state index in [1.807, 2.05) is 11.8 Å². The molecular formula is C18H28BrNS. The molecule has 1 saturated carbocycles. The van der Waals surface area contributed by atoms with Gasteiger partial charge in [0.15, 0.2) is 0 Å². The van der Waals surface area contributed by atoms with Crippen LogP contribution in [0.4, 0.5) is 0 Å². The van der Waals surface area contributed by atoms with Crippen molar-refractivity contribution in [2.75, 3.05) is 12.3 Å². The molecule has 0 aliphatic heterocycles. The second-order valence-corrected chi connectivity index (χ2v) is 8.62. The zero-order chi connectivity index (χ0) is 15.2. The number of halogens is 1. The lowest BCUT2D eigenvalue weighted by Gasteiger charge is -2.37. The summed E-state index contributed by atoms with van der Waals surface area (Å²) in [5, 5.41) is 3.75. The summed E-state index contributed by atoms with van der Waals surface area (Å²) in [6, 6.07) is 9.30. The van der Waals surface area contributed by atoms with Crippen LogP contribution in [0.2, 0.25) is 0 Å². The first kappa shape index (κ1) is 17.4. The van der Waals surface area contributed by atoms with E-state index in [1.165, 1.54) is 34.4 Å². The molecule has 3 heteroatoms. The molecule has 0 radical (unpaired) electrons. The fourth-order valence-corrected chi connectivity index (χ4v) is 5.40. The van der Waals surface area contributed by atoms with Gasteiger partial charge >= 0.3 is 0 Å². The number of hydrogen-bond donors (Lipinski definition) is 1. The molecule has 3 unspecified atom stereocenters. The number of nitrogens with one attached hydrogen (secondary N) is 1. The van der Waals surface area contributed by atoms with Crippen molar-refractivity contribution in [1.82, 2.24) is 5.32 Å². The fraction of sp³-hybridized carbons (Fsp3) is 0.667. The van der Waals surface area contributed by atoms with E-state index >= 15 is 0 Å². The standard InChI is InChI=1S/C18H28BrNS/c1-4-20-18(15-9-13(2)8-14(3)10-15)12-21-17-7-5-6-16(19)11-17/h5-7,11,13-15,18,20H,4,8-10,12H2,1-3H3. The molecule has 21 heavy (non-hydrogen) atoms. The number of thioether (sulfide) groups is 1. The van der Waals surface area contributed by atoms with Gasteiger partial charge in [-0.25, -0.2) is 0 Å². The van der Waals surface area contributed by atoms with Crippen LogP contribution in [0.1, 0.15) is 40.0 Å². The highest BCUT2D eigenvalue weighted by atomic mass is 79.9. The lowest BCUT2D eigenvalue weighted by Crippen LogP contribution is -2.41. The molecule has 0 bridgehead atoms. The van der Waals surface area contributed by atoms with Gasteiger partial charge < -0.3 is 5.32 Å². The number of rotatable bonds is 6. The lowest BCUT2D eigenvalue weighted by atomic mass is 9.74. The van der Waals surface area contributed by atoms with E-state index in [0.29, 0.717) is 6.04 Å². The molecule has 0 heterocycles. The van der Waals surface area contributed by atoms with Crippen molar-refractivity contribution >= 4 is 27.7 Å². The molecule has 3 atom stereocenters. The van der Waals surface area contributed by atoms with Gasteiger partial charge in [-0.3, -0.25) is 0 Å². The Bertz CT molecular complexity index is 427. The Morgan fingerprint density at radius 2 is 1.95 bits per heavy atom. The average molecular weight is 370 g/mol. The Labute approximate surface area is 142 Å². The number of hydrogen-bond acceptors (Lipinski definition) is 2. The summed E-state index contributed by atoms with van der Waals surface area (Å²) in [5.74, 6) is 3.78. The van der Waals surface area contributed by atoms with Gasteiger partial charge in [-0.2, -0.15) is 0 Å². The van der Waals surface area contributed by atoms with E-state index in [2.05, 4.69) is 66.3 Å². The van der Waals surface area contributed by atoms with Gasteiger partial charge in [0.25, 0.3) is 0 Å². The molecule has 1 aliphatic carbocycles. The smallest absolute Gasteiger partial charge is 0.0190 e. The average Bonchev–Trinajstić information content (AvgIpc) is 2.42. The Balaban J connectivity index is 1.95. The summed E-state index contributed by atoms with van der Waals surface area (Å²) < 4.78 is 1.17. The predicted octanol–water partition coefficient (Wildman–Crippen LogP) is 5.59. The molecule has 0 amide bonds. The number of benzene rings is 1. The van der Waals surface area contributed by atoms with Gasteiger partial charge in [0.2, 0.25) is 0 Å². The molecular weight excluding hydrogens is 342 g/mol. The molecule has 1 fully saturated rings. The third kappa shape index (κ3) is 5.61. The first-order valence-corrected chi connectivity index (χ1v) is 9.98. The first-order valence-electron chi connectivity index (χ1n) is 8.20. The molecule has 0 spiro atoms. The van der Waals surface area contributed by atoms with Crippen LogP contribution in [-0.4, -0.2) is 18.3 Å². The molecule has 1 aromatic rings. The molecule has 1 aliphatic rings. The van der Waals surface area contributed by atoms with Gasteiger partial charge in [0.1, 0.15) is 0 Å². The molecule has 0 aromatic heterocycles. The van der Waals surface area contributed by atoms with E-state index in [4.69, 9.17) is 0 Å². The van der Waals surface area contributed by atoms with Gasteiger partial charge in [-0.05, 0) is 61.8 Å². The maximum atomic E-state index is 3.75. The second-order valence-electron chi connectivity index (χ2n) is 6.61. The largest absolute Gasteiger partial charge is 0.313 e. The van der Waals surface area contributed by atoms with Crippen LogP contribution in [0.15, 0.2) is 33.6 Å². The van der Waals surface area contributed by atoms with Crippen LogP contribution >= 0.6 is 27.7 Å². The molecule has 1 nitrogen and oxygen atoms in total. The summed E-state index contributed by atoms with van der Waals surface area (Å²) >= 11 is 5.55. The minimum absolute atomic E-state index is 0.643. The summed E-state index contributed by atoms with van der Waals surface area (Å²) in [5.41, 5.74) is 0. The highest BCUT2D eigenvalue weighted by Crippen LogP contribution is 2.36. The second kappa shape index (κ2) is 8.59. The Kier molecular flexibility index (Phi) is 7.11. The van der Waals surface area contributed by atoms with Gasteiger partial charge in [-0.1, -0.05) is 42.8 Å². The lowest BCUT2D eigenvalue weighted by molar-refractivity contribution is 0.185. The summed E-state index contributed by atoms with van der Waals surface area (Å²) in [6.07, 6.45) is 4.19. The minimum atomic E-state index is 0.643. The van der Waals surface area contributed by atoms with Crippen molar-refractivity contribution in [2.24, 2.45) is 17.8 Å². The fourth-order valence-electron chi connectivity index (χ4n) is 3.70. The van der Waals surface area contributed by atoms with Crippen molar-refractivity contribution in [1.29, 1.82) is 0 Å². The molecule has 1 aromatic carbocycles. The van der Waals surface area contributed by atoms with Gasteiger partial charge in [0, 0.05) is 21.2 Å². The quantitative estimate of drug-likeness (QED) is 0.655. The van der Waals surface area contributed by atoms with E-state index in [-0.39, 0.29) is 0 Å².